The second-order valence-electron chi connectivity index (χ2n) is 6.33. The average Bonchev–Trinajstić information content (AvgIpc) is 2.72. The lowest BCUT2D eigenvalue weighted by Gasteiger charge is -2.11. The van der Waals surface area contributed by atoms with Crippen molar-refractivity contribution in [3.05, 3.63) is 54.1 Å². The van der Waals surface area contributed by atoms with Crippen molar-refractivity contribution in [3.8, 4) is 11.5 Å². The van der Waals surface area contributed by atoms with Gasteiger partial charge in [0.1, 0.15) is 11.5 Å². The Balaban J connectivity index is 1.71. The van der Waals surface area contributed by atoms with E-state index >= 15 is 0 Å². The first-order valence-electron chi connectivity index (χ1n) is 9.42. The topological polar surface area (TPSA) is 73.9 Å². The summed E-state index contributed by atoms with van der Waals surface area (Å²) in [4.78, 5) is 23.7. The van der Waals surface area contributed by atoms with Crippen LogP contribution < -0.4 is 14.8 Å². The minimum atomic E-state index is -0.615. The van der Waals surface area contributed by atoms with Gasteiger partial charge in [0.15, 0.2) is 13.2 Å². The number of benzene rings is 2. The van der Waals surface area contributed by atoms with E-state index in [1.165, 1.54) is 5.56 Å². The van der Waals surface area contributed by atoms with Gasteiger partial charge in [0.05, 0.1) is 6.61 Å². The van der Waals surface area contributed by atoms with Gasteiger partial charge in [-0.3, -0.25) is 4.79 Å². The monoisotopic (exact) mass is 385 g/mol. The molecule has 1 N–H and O–H groups in total. The maximum Gasteiger partial charge on any atom is 0.344 e. The number of nitrogens with one attached hydrogen (secondary N) is 1. The molecule has 1 atom stereocenters. The number of rotatable bonds is 10. The highest BCUT2D eigenvalue weighted by Gasteiger charge is 2.10. The van der Waals surface area contributed by atoms with E-state index in [2.05, 4.69) is 19.2 Å². The minimum Gasteiger partial charge on any atom is -0.494 e. The third-order valence-corrected chi connectivity index (χ3v) is 4.23. The van der Waals surface area contributed by atoms with Crippen LogP contribution in [0.15, 0.2) is 48.5 Å². The van der Waals surface area contributed by atoms with Crippen LogP contribution in [0, 0.1) is 0 Å². The zero-order valence-electron chi connectivity index (χ0n) is 16.6. The molecule has 0 aromatic heterocycles. The van der Waals surface area contributed by atoms with Crippen molar-refractivity contribution >= 4 is 17.6 Å². The van der Waals surface area contributed by atoms with Gasteiger partial charge in [-0.2, -0.15) is 0 Å². The molecule has 0 aliphatic heterocycles. The van der Waals surface area contributed by atoms with Gasteiger partial charge in [0.25, 0.3) is 5.91 Å². The lowest BCUT2D eigenvalue weighted by molar-refractivity contribution is -0.149. The number of ether oxygens (including phenoxy) is 3. The molecular formula is C22H27NO5. The molecule has 6 nitrogen and oxygen atoms in total. The second-order valence-corrected chi connectivity index (χ2v) is 6.33. The summed E-state index contributed by atoms with van der Waals surface area (Å²) < 4.78 is 15.6. The Hall–Kier alpha value is -3.02. The Bertz CT molecular complexity index is 756. The van der Waals surface area contributed by atoms with Gasteiger partial charge in [-0.25, -0.2) is 4.79 Å². The fourth-order valence-electron chi connectivity index (χ4n) is 2.46. The molecule has 6 heteroatoms. The van der Waals surface area contributed by atoms with Crippen LogP contribution in [0.1, 0.15) is 38.7 Å². The molecule has 150 valence electrons. The number of anilines is 1. The number of esters is 1. The molecule has 2 aromatic carbocycles. The molecule has 2 rings (SSSR count). The lowest BCUT2D eigenvalue weighted by Crippen LogP contribution is -2.23. The lowest BCUT2D eigenvalue weighted by atomic mass is 9.99. The van der Waals surface area contributed by atoms with Gasteiger partial charge < -0.3 is 19.5 Å². The molecule has 28 heavy (non-hydrogen) atoms. The highest BCUT2D eigenvalue weighted by molar-refractivity contribution is 5.92. The van der Waals surface area contributed by atoms with E-state index < -0.39 is 11.9 Å². The first-order chi connectivity index (χ1) is 13.5. The van der Waals surface area contributed by atoms with Crippen molar-refractivity contribution in [1.29, 1.82) is 0 Å². The molecule has 0 radical (unpaired) electrons. The largest absolute Gasteiger partial charge is 0.494 e. The summed E-state index contributed by atoms with van der Waals surface area (Å²) in [7, 11) is 0. The predicted octanol–water partition coefficient (Wildman–Crippen LogP) is 4.16. The molecule has 0 unspecified atom stereocenters. The molecular weight excluding hydrogens is 358 g/mol. The highest BCUT2D eigenvalue weighted by atomic mass is 16.6. The third-order valence-electron chi connectivity index (χ3n) is 4.23. The van der Waals surface area contributed by atoms with Gasteiger partial charge in [-0.15, -0.1) is 0 Å². The molecule has 0 aliphatic rings. The summed E-state index contributed by atoms with van der Waals surface area (Å²) in [6, 6.07) is 14.6. The Morgan fingerprint density at radius 3 is 2.07 bits per heavy atom. The minimum absolute atomic E-state index is 0.273. The summed E-state index contributed by atoms with van der Waals surface area (Å²) in [6.07, 6.45) is 1.06. The van der Waals surface area contributed by atoms with Crippen LogP contribution in [0.3, 0.4) is 0 Å². The van der Waals surface area contributed by atoms with Gasteiger partial charge in [-0.05, 0) is 61.2 Å². The van der Waals surface area contributed by atoms with E-state index in [0.717, 1.165) is 12.2 Å². The first kappa shape index (κ1) is 21.3. The van der Waals surface area contributed by atoms with Crippen molar-refractivity contribution in [3.63, 3.8) is 0 Å². The molecule has 0 aliphatic carbocycles. The van der Waals surface area contributed by atoms with Gasteiger partial charge in [-0.1, -0.05) is 26.0 Å². The van der Waals surface area contributed by atoms with Gasteiger partial charge in [0.2, 0.25) is 0 Å². The van der Waals surface area contributed by atoms with E-state index in [1.807, 2.05) is 31.2 Å². The van der Waals surface area contributed by atoms with Crippen molar-refractivity contribution in [2.45, 2.75) is 33.1 Å². The van der Waals surface area contributed by atoms with Crippen molar-refractivity contribution in [2.75, 3.05) is 25.1 Å². The van der Waals surface area contributed by atoms with Crippen LogP contribution >= 0.6 is 0 Å². The van der Waals surface area contributed by atoms with Crippen LogP contribution in [0.25, 0.3) is 0 Å². The van der Waals surface area contributed by atoms with Crippen LogP contribution in [-0.4, -0.2) is 31.7 Å². The third kappa shape index (κ3) is 6.95. The maximum atomic E-state index is 11.9. The Morgan fingerprint density at radius 1 is 0.893 bits per heavy atom. The first-order valence-corrected chi connectivity index (χ1v) is 9.42. The molecule has 0 spiro atoms. The molecule has 1 amide bonds. The quantitative estimate of drug-likeness (QED) is 0.622. The number of hydrogen-bond acceptors (Lipinski definition) is 5. The van der Waals surface area contributed by atoms with Crippen molar-refractivity contribution in [2.24, 2.45) is 0 Å². The summed E-state index contributed by atoms with van der Waals surface area (Å²) in [5.74, 6) is 0.709. The number of carbonyl (C=O) groups is 2. The Labute approximate surface area is 165 Å². The SMILES string of the molecule is CCOc1ccc(OCC(=O)OCC(=O)Nc2ccc([C@@H](C)CC)cc2)cc1. The summed E-state index contributed by atoms with van der Waals surface area (Å²) >= 11 is 0. The second kappa shape index (κ2) is 11.0. The normalized spacial score (nSPS) is 11.4. The zero-order chi connectivity index (χ0) is 20.4. The molecule has 0 saturated carbocycles. The Kier molecular flexibility index (Phi) is 8.34. The van der Waals surface area contributed by atoms with Crippen LogP contribution in [0.4, 0.5) is 5.69 Å². The Morgan fingerprint density at radius 2 is 1.50 bits per heavy atom. The van der Waals surface area contributed by atoms with Crippen LogP contribution in [-0.2, 0) is 14.3 Å². The summed E-state index contributed by atoms with van der Waals surface area (Å²) in [6.45, 7) is 6.13. The predicted molar refractivity (Wildman–Crippen MR) is 108 cm³/mol. The molecule has 0 bridgehead atoms. The van der Waals surface area contributed by atoms with Crippen molar-refractivity contribution < 1.29 is 23.8 Å². The van der Waals surface area contributed by atoms with E-state index in [1.54, 1.807) is 24.3 Å². The van der Waals surface area contributed by atoms with E-state index in [9.17, 15) is 9.59 Å². The smallest absolute Gasteiger partial charge is 0.344 e. The highest BCUT2D eigenvalue weighted by Crippen LogP contribution is 2.20. The molecule has 0 saturated heterocycles. The molecule has 2 aromatic rings. The standard InChI is InChI=1S/C22H27NO5/c1-4-16(3)17-6-8-18(9-7-17)23-21(24)14-28-22(25)15-27-20-12-10-19(11-13-20)26-5-2/h6-13,16H,4-5,14-15H2,1-3H3,(H,23,24)/t16-/m0/s1. The van der Waals surface area contributed by atoms with Crippen LogP contribution in [0.5, 0.6) is 11.5 Å². The summed E-state index contributed by atoms with van der Waals surface area (Å²) in [5.41, 5.74) is 1.89. The fraction of sp³-hybridized carbons (Fsp3) is 0.364. The molecule has 0 heterocycles. The number of hydrogen-bond donors (Lipinski definition) is 1. The van der Waals surface area contributed by atoms with Gasteiger partial charge >= 0.3 is 5.97 Å². The van der Waals surface area contributed by atoms with Crippen LogP contribution in [0.2, 0.25) is 0 Å². The summed E-state index contributed by atoms with van der Waals surface area (Å²) in [5, 5.41) is 2.70. The maximum absolute atomic E-state index is 11.9. The number of carbonyl (C=O) groups excluding carboxylic acids is 2. The van der Waals surface area contributed by atoms with E-state index in [4.69, 9.17) is 14.2 Å². The average molecular weight is 385 g/mol. The molecule has 0 fully saturated rings. The van der Waals surface area contributed by atoms with E-state index in [0.29, 0.717) is 24.0 Å². The zero-order valence-corrected chi connectivity index (χ0v) is 16.6. The van der Waals surface area contributed by atoms with E-state index in [-0.39, 0.29) is 13.2 Å². The van der Waals surface area contributed by atoms with Gasteiger partial charge in [0, 0.05) is 5.69 Å². The fourth-order valence-corrected chi connectivity index (χ4v) is 2.46. The number of amides is 1. The van der Waals surface area contributed by atoms with Crippen molar-refractivity contribution in [1.82, 2.24) is 0 Å².